The van der Waals surface area contributed by atoms with Crippen molar-refractivity contribution in [3.63, 3.8) is 0 Å². The SMILES string of the molecule is FC(F)(F)Cc1n[nH]c(-c2cc3n(n2)-c2cc(CNc4cnccn4)ccc2OCC3)n1. The summed E-state index contributed by atoms with van der Waals surface area (Å²) in [5, 5.41) is 14.0. The van der Waals surface area contributed by atoms with Gasteiger partial charge in [-0.05, 0) is 23.8 Å². The average molecular weight is 442 g/mol. The van der Waals surface area contributed by atoms with Crippen LogP contribution in [0.25, 0.3) is 17.2 Å². The second-order valence-corrected chi connectivity index (χ2v) is 7.17. The van der Waals surface area contributed by atoms with Gasteiger partial charge in [-0.2, -0.15) is 23.4 Å². The lowest BCUT2D eigenvalue weighted by Gasteiger charge is -2.11. The third-order valence-corrected chi connectivity index (χ3v) is 4.82. The van der Waals surface area contributed by atoms with Gasteiger partial charge in [-0.1, -0.05) is 6.07 Å². The molecule has 4 aromatic rings. The second-order valence-electron chi connectivity index (χ2n) is 7.17. The number of halogens is 3. The molecule has 0 saturated heterocycles. The maximum absolute atomic E-state index is 12.6. The van der Waals surface area contributed by atoms with Gasteiger partial charge in [0, 0.05) is 31.1 Å². The van der Waals surface area contributed by atoms with Crippen LogP contribution in [0.3, 0.4) is 0 Å². The third-order valence-electron chi connectivity index (χ3n) is 4.82. The van der Waals surface area contributed by atoms with Crippen molar-refractivity contribution in [2.75, 3.05) is 11.9 Å². The quantitative estimate of drug-likeness (QED) is 0.489. The number of aromatic nitrogens is 7. The number of anilines is 1. The highest BCUT2D eigenvalue weighted by Crippen LogP contribution is 2.30. The second kappa shape index (κ2) is 7.94. The Balaban J connectivity index is 1.43. The predicted octanol–water partition coefficient (Wildman–Crippen LogP) is 3.10. The smallest absolute Gasteiger partial charge is 0.396 e. The number of rotatable bonds is 5. The van der Waals surface area contributed by atoms with Gasteiger partial charge in [-0.25, -0.2) is 14.6 Å². The van der Waals surface area contributed by atoms with Gasteiger partial charge in [0.25, 0.3) is 0 Å². The van der Waals surface area contributed by atoms with Gasteiger partial charge in [0.2, 0.25) is 0 Å². The molecule has 32 heavy (non-hydrogen) atoms. The lowest BCUT2D eigenvalue weighted by atomic mass is 10.2. The van der Waals surface area contributed by atoms with Crippen LogP contribution in [0.15, 0.2) is 42.9 Å². The molecule has 9 nitrogen and oxygen atoms in total. The summed E-state index contributed by atoms with van der Waals surface area (Å²) in [6.45, 7) is 0.962. The van der Waals surface area contributed by atoms with Crippen molar-refractivity contribution in [1.82, 2.24) is 34.9 Å². The van der Waals surface area contributed by atoms with Crippen LogP contribution in [0.1, 0.15) is 17.1 Å². The molecule has 4 heterocycles. The maximum Gasteiger partial charge on any atom is 0.396 e. The fraction of sp³-hybridized carbons (Fsp3) is 0.250. The average Bonchev–Trinajstić information content (AvgIpc) is 3.36. The van der Waals surface area contributed by atoms with Crippen LogP contribution < -0.4 is 10.1 Å². The van der Waals surface area contributed by atoms with Gasteiger partial charge in [-0.3, -0.25) is 10.1 Å². The number of hydrogen-bond acceptors (Lipinski definition) is 7. The minimum Gasteiger partial charge on any atom is -0.491 e. The van der Waals surface area contributed by atoms with Gasteiger partial charge in [0.1, 0.15) is 29.4 Å². The minimum absolute atomic E-state index is 0.188. The molecule has 1 aliphatic heterocycles. The Hall–Kier alpha value is -3.96. The number of benzene rings is 1. The molecule has 1 aliphatic rings. The van der Waals surface area contributed by atoms with E-state index in [1.807, 2.05) is 18.2 Å². The summed E-state index contributed by atoms with van der Waals surface area (Å²) in [5.74, 6) is 1.18. The molecule has 3 aromatic heterocycles. The standard InChI is InChI=1S/C20H17F3N8O/c21-20(22,23)9-17-27-19(29-28-17)14-8-13-3-6-32-16-2-1-12(7-15(16)31(13)30-14)10-26-18-11-24-4-5-25-18/h1-2,4-5,7-8,11H,3,6,9-10H2,(H,25,26)(H,27,28,29). The number of ether oxygens (including phenoxy) is 1. The van der Waals surface area contributed by atoms with Crippen LogP contribution >= 0.6 is 0 Å². The van der Waals surface area contributed by atoms with E-state index < -0.39 is 12.6 Å². The largest absolute Gasteiger partial charge is 0.491 e. The maximum atomic E-state index is 12.6. The van der Waals surface area contributed by atoms with E-state index in [0.29, 0.717) is 36.8 Å². The van der Waals surface area contributed by atoms with Crippen LogP contribution in [0.4, 0.5) is 19.0 Å². The molecule has 12 heteroatoms. The molecule has 0 atom stereocenters. The first-order valence-electron chi connectivity index (χ1n) is 9.78. The van der Waals surface area contributed by atoms with Gasteiger partial charge in [-0.15, -0.1) is 0 Å². The minimum atomic E-state index is -4.38. The number of fused-ring (bicyclic) bond motifs is 3. The van der Waals surface area contributed by atoms with E-state index in [-0.39, 0.29) is 11.6 Å². The molecule has 0 aliphatic carbocycles. The van der Waals surface area contributed by atoms with Gasteiger partial charge < -0.3 is 10.1 Å². The number of hydrogen-bond donors (Lipinski definition) is 2. The van der Waals surface area contributed by atoms with E-state index in [1.54, 1.807) is 29.3 Å². The highest BCUT2D eigenvalue weighted by atomic mass is 19.4. The molecular formula is C20H17F3N8O. The zero-order valence-corrected chi connectivity index (χ0v) is 16.6. The number of nitrogens with zero attached hydrogens (tertiary/aromatic N) is 6. The summed E-state index contributed by atoms with van der Waals surface area (Å²) in [4.78, 5) is 12.2. The fourth-order valence-electron chi connectivity index (χ4n) is 3.40. The van der Waals surface area contributed by atoms with Crippen molar-refractivity contribution in [1.29, 1.82) is 0 Å². The van der Waals surface area contributed by atoms with Crippen molar-refractivity contribution >= 4 is 5.82 Å². The predicted molar refractivity (Wildman–Crippen MR) is 107 cm³/mol. The van der Waals surface area contributed by atoms with E-state index in [2.05, 4.69) is 35.6 Å². The molecule has 0 saturated carbocycles. The first-order valence-corrected chi connectivity index (χ1v) is 9.78. The summed E-state index contributed by atoms with van der Waals surface area (Å²) in [6.07, 6.45) is -0.156. The highest BCUT2D eigenvalue weighted by molar-refractivity contribution is 5.55. The monoisotopic (exact) mass is 442 g/mol. The van der Waals surface area contributed by atoms with Crippen molar-refractivity contribution in [3.8, 4) is 23.0 Å². The van der Waals surface area contributed by atoms with Crippen LogP contribution in [0, 0.1) is 0 Å². The summed E-state index contributed by atoms with van der Waals surface area (Å²) < 4.78 is 45.4. The molecule has 0 amide bonds. The Bertz CT molecular complexity index is 1240. The Kier molecular flexibility index (Phi) is 4.96. The van der Waals surface area contributed by atoms with E-state index in [9.17, 15) is 13.2 Å². The first kappa shape index (κ1) is 20.0. The molecular weight excluding hydrogens is 425 g/mol. The molecule has 2 N–H and O–H groups in total. The Morgan fingerprint density at radius 2 is 2.09 bits per heavy atom. The Labute approximate surface area is 179 Å². The van der Waals surface area contributed by atoms with Crippen LogP contribution in [0.2, 0.25) is 0 Å². The summed E-state index contributed by atoms with van der Waals surface area (Å²) in [7, 11) is 0. The van der Waals surface area contributed by atoms with E-state index in [4.69, 9.17) is 4.74 Å². The van der Waals surface area contributed by atoms with Gasteiger partial charge >= 0.3 is 6.18 Å². The number of aromatic amines is 1. The van der Waals surface area contributed by atoms with E-state index in [1.165, 1.54) is 0 Å². The Morgan fingerprint density at radius 1 is 1.19 bits per heavy atom. The number of nitrogens with one attached hydrogen (secondary N) is 2. The highest BCUT2D eigenvalue weighted by Gasteiger charge is 2.30. The summed E-state index contributed by atoms with van der Waals surface area (Å²) >= 11 is 0. The zero-order chi connectivity index (χ0) is 22.1. The first-order chi connectivity index (χ1) is 15.4. The zero-order valence-electron chi connectivity index (χ0n) is 16.6. The molecule has 0 spiro atoms. The molecule has 0 radical (unpaired) electrons. The molecule has 0 unspecified atom stereocenters. The Morgan fingerprint density at radius 3 is 2.91 bits per heavy atom. The van der Waals surface area contributed by atoms with Gasteiger partial charge in [0.05, 0.1) is 12.8 Å². The van der Waals surface area contributed by atoms with Crippen molar-refractivity contribution in [2.24, 2.45) is 0 Å². The van der Waals surface area contributed by atoms with Crippen molar-refractivity contribution in [3.05, 3.63) is 59.9 Å². The number of alkyl halides is 3. The van der Waals surface area contributed by atoms with Crippen molar-refractivity contribution in [2.45, 2.75) is 25.6 Å². The third kappa shape index (κ3) is 4.24. The van der Waals surface area contributed by atoms with Gasteiger partial charge in [0.15, 0.2) is 11.6 Å². The van der Waals surface area contributed by atoms with E-state index in [0.717, 1.165) is 16.9 Å². The normalized spacial score (nSPS) is 13.1. The lowest BCUT2D eigenvalue weighted by molar-refractivity contribution is -0.128. The van der Waals surface area contributed by atoms with Crippen LogP contribution in [-0.2, 0) is 19.4 Å². The molecule has 5 rings (SSSR count). The summed E-state index contributed by atoms with van der Waals surface area (Å²) in [5.41, 5.74) is 2.97. The molecule has 1 aromatic carbocycles. The van der Waals surface area contributed by atoms with E-state index >= 15 is 0 Å². The topological polar surface area (TPSA) is 106 Å². The fourth-order valence-corrected chi connectivity index (χ4v) is 3.40. The lowest BCUT2D eigenvalue weighted by Crippen LogP contribution is -2.12. The van der Waals surface area contributed by atoms with Crippen LogP contribution in [-0.4, -0.2) is 47.7 Å². The van der Waals surface area contributed by atoms with Crippen molar-refractivity contribution < 1.29 is 17.9 Å². The number of H-pyrrole nitrogens is 1. The molecule has 0 fully saturated rings. The summed E-state index contributed by atoms with van der Waals surface area (Å²) in [6, 6.07) is 7.54. The molecule has 164 valence electrons. The van der Waals surface area contributed by atoms with Crippen LogP contribution in [0.5, 0.6) is 5.75 Å². The molecule has 0 bridgehead atoms.